The fourth-order valence-corrected chi connectivity index (χ4v) is 3.28. The molecular formula is C16H14BrNO6S. The van der Waals surface area contributed by atoms with Gasteiger partial charge < -0.3 is 19.9 Å². The number of benzene rings is 1. The normalized spacial score (nSPS) is 10.2. The highest BCUT2D eigenvalue weighted by Gasteiger charge is 2.19. The molecule has 1 aromatic heterocycles. The van der Waals surface area contributed by atoms with Crippen molar-refractivity contribution in [3.05, 3.63) is 44.1 Å². The van der Waals surface area contributed by atoms with E-state index in [9.17, 15) is 19.5 Å². The molecule has 0 saturated heterocycles. The Hall–Kier alpha value is -2.39. The van der Waals surface area contributed by atoms with Gasteiger partial charge in [-0.2, -0.15) is 0 Å². The summed E-state index contributed by atoms with van der Waals surface area (Å²) in [6, 6.07) is 4.64. The molecule has 1 heterocycles. The van der Waals surface area contributed by atoms with Gasteiger partial charge in [-0.15, -0.1) is 11.3 Å². The lowest BCUT2D eigenvalue weighted by Crippen LogP contribution is -2.21. The fourth-order valence-electron chi connectivity index (χ4n) is 1.94. The Bertz CT molecular complexity index is 832. The van der Waals surface area contributed by atoms with Crippen LogP contribution in [0, 0.1) is 6.92 Å². The van der Waals surface area contributed by atoms with Crippen molar-refractivity contribution in [1.29, 1.82) is 0 Å². The molecule has 0 spiro atoms. The molecule has 9 heteroatoms. The number of rotatable bonds is 5. The number of phenols is 1. The molecule has 0 radical (unpaired) electrons. The van der Waals surface area contributed by atoms with E-state index in [4.69, 9.17) is 4.74 Å². The van der Waals surface area contributed by atoms with Crippen LogP contribution in [0.1, 0.15) is 25.6 Å². The zero-order valence-corrected chi connectivity index (χ0v) is 15.7. The molecular weight excluding hydrogens is 414 g/mol. The molecule has 1 aromatic carbocycles. The van der Waals surface area contributed by atoms with Gasteiger partial charge in [-0.3, -0.25) is 4.79 Å². The molecule has 0 fully saturated rings. The molecule has 132 valence electrons. The molecule has 0 atom stereocenters. The molecule has 2 aromatic rings. The average molecular weight is 428 g/mol. The lowest BCUT2D eigenvalue weighted by molar-refractivity contribution is -0.119. The van der Waals surface area contributed by atoms with Crippen molar-refractivity contribution in [2.45, 2.75) is 6.92 Å². The Morgan fingerprint density at radius 1 is 1.28 bits per heavy atom. The molecule has 0 aliphatic rings. The number of hydrogen-bond acceptors (Lipinski definition) is 7. The Labute approximate surface area is 155 Å². The van der Waals surface area contributed by atoms with Crippen LogP contribution in [0.2, 0.25) is 0 Å². The molecule has 7 nitrogen and oxygen atoms in total. The Morgan fingerprint density at radius 3 is 2.68 bits per heavy atom. The van der Waals surface area contributed by atoms with Gasteiger partial charge in [-0.05, 0) is 52.0 Å². The number of anilines is 1. The van der Waals surface area contributed by atoms with E-state index in [1.807, 2.05) is 0 Å². The van der Waals surface area contributed by atoms with Crippen LogP contribution in [0.5, 0.6) is 5.75 Å². The van der Waals surface area contributed by atoms with E-state index in [1.54, 1.807) is 24.4 Å². The van der Waals surface area contributed by atoms with Gasteiger partial charge in [0.1, 0.15) is 16.2 Å². The number of hydrogen-bond donors (Lipinski definition) is 2. The number of amides is 1. The van der Waals surface area contributed by atoms with E-state index in [0.29, 0.717) is 4.47 Å². The largest absolute Gasteiger partial charge is 0.506 e. The predicted octanol–water partition coefficient (Wildman–Crippen LogP) is 3.11. The first kappa shape index (κ1) is 18.9. The zero-order chi connectivity index (χ0) is 18.6. The molecule has 0 bridgehead atoms. The number of aryl methyl sites for hydroxylation is 1. The highest BCUT2D eigenvalue weighted by molar-refractivity contribution is 9.10. The summed E-state index contributed by atoms with van der Waals surface area (Å²) in [5, 5.41) is 14.0. The Morgan fingerprint density at radius 2 is 2.00 bits per heavy atom. The average Bonchev–Trinajstić information content (AvgIpc) is 3.03. The van der Waals surface area contributed by atoms with Crippen molar-refractivity contribution in [3.8, 4) is 5.75 Å². The first-order valence-electron chi connectivity index (χ1n) is 6.95. The number of methoxy groups -OCH3 is 1. The number of nitrogens with one attached hydrogen (secondary N) is 1. The van der Waals surface area contributed by atoms with Crippen molar-refractivity contribution in [1.82, 2.24) is 0 Å². The Balaban J connectivity index is 2.00. The summed E-state index contributed by atoms with van der Waals surface area (Å²) in [6.07, 6.45) is 0. The molecule has 1 amide bonds. The van der Waals surface area contributed by atoms with Gasteiger partial charge in [0.25, 0.3) is 5.91 Å². The van der Waals surface area contributed by atoms with Crippen LogP contribution in [0.15, 0.2) is 28.1 Å². The highest BCUT2D eigenvalue weighted by Crippen LogP contribution is 2.29. The molecule has 0 unspecified atom stereocenters. The van der Waals surface area contributed by atoms with Gasteiger partial charge in [-0.25, -0.2) is 9.59 Å². The minimum Gasteiger partial charge on any atom is -0.506 e. The predicted molar refractivity (Wildman–Crippen MR) is 95.1 cm³/mol. The van der Waals surface area contributed by atoms with Crippen LogP contribution in [-0.2, 0) is 14.3 Å². The van der Waals surface area contributed by atoms with Gasteiger partial charge >= 0.3 is 11.9 Å². The summed E-state index contributed by atoms with van der Waals surface area (Å²) in [5.41, 5.74) is 0.964. The van der Waals surface area contributed by atoms with Crippen LogP contribution in [0.25, 0.3) is 0 Å². The van der Waals surface area contributed by atoms with Crippen molar-refractivity contribution < 1.29 is 29.0 Å². The molecule has 0 aliphatic carbocycles. The van der Waals surface area contributed by atoms with E-state index < -0.39 is 24.5 Å². The minimum absolute atomic E-state index is 0.0505. The maximum atomic E-state index is 12.0. The smallest absolute Gasteiger partial charge is 0.350 e. The number of halogens is 1. The van der Waals surface area contributed by atoms with Crippen molar-refractivity contribution in [2.24, 2.45) is 0 Å². The monoisotopic (exact) mass is 427 g/mol. The maximum Gasteiger partial charge on any atom is 0.350 e. The molecule has 2 N–H and O–H groups in total. The van der Waals surface area contributed by atoms with E-state index in [2.05, 4.69) is 26.0 Å². The number of ether oxygens (including phenoxy) is 2. The SMILES string of the molecule is COC(=O)c1sccc1NC(=O)COC(=O)c1cc(C)cc(Br)c1O. The van der Waals surface area contributed by atoms with Gasteiger partial charge in [0.05, 0.1) is 17.3 Å². The molecule has 0 saturated carbocycles. The lowest BCUT2D eigenvalue weighted by atomic mass is 10.1. The van der Waals surface area contributed by atoms with E-state index >= 15 is 0 Å². The summed E-state index contributed by atoms with van der Waals surface area (Å²) in [4.78, 5) is 35.8. The van der Waals surface area contributed by atoms with Gasteiger partial charge in [0.15, 0.2) is 6.61 Å². The number of carbonyl (C=O) groups is 3. The van der Waals surface area contributed by atoms with E-state index in [-0.39, 0.29) is 21.9 Å². The third kappa shape index (κ3) is 4.58. The number of phenolic OH excluding ortho intramolecular Hbond substituents is 1. The quantitative estimate of drug-likeness (QED) is 0.710. The second-order valence-corrected chi connectivity index (χ2v) is 6.69. The summed E-state index contributed by atoms with van der Waals surface area (Å²) >= 11 is 4.25. The Kier molecular flexibility index (Phi) is 6.16. The van der Waals surface area contributed by atoms with Crippen LogP contribution < -0.4 is 5.32 Å². The van der Waals surface area contributed by atoms with Crippen LogP contribution in [-0.4, -0.2) is 36.7 Å². The van der Waals surface area contributed by atoms with Crippen molar-refractivity contribution in [2.75, 3.05) is 19.0 Å². The van der Waals surface area contributed by atoms with E-state index in [1.165, 1.54) is 13.2 Å². The summed E-state index contributed by atoms with van der Waals surface area (Å²) in [6.45, 7) is 1.18. The lowest BCUT2D eigenvalue weighted by Gasteiger charge is -2.09. The van der Waals surface area contributed by atoms with Gasteiger partial charge in [0.2, 0.25) is 0 Å². The number of thiophene rings is 1. The van der Waals surface area contributed by atoms with E-state index in [0.717, 1.165) is 16.9 Å². The standard InChI is InChI=1S/C16H14BrNO6S/c1-8-5-9(13(20)10(17)6-8)15(21)24-7-12(19)18-11-3-4-25-14(11)16(22)23-2/h3-6,20H,7H2,1-2H3,(H,18,19). The number of aromatic hydroxyl groups is 1. The molecule has 2 rings (SSSR count). The highest BCUT2D eigenvalue weighted by atomic mass is 79.9. The second kappa shape index (κ2) is 8.13. The number of esters is 2. The second-order valence-electron chi connectivity index (χ2n) is 4.92. The summed E-state index contributed by atoms with van der Waals surface area (Å²) in [5.74, 6) is -2.29. The van der Waals surface area contributed by atoms with Crippen molar-refractivity contribution >= 4 is 50.8 Å². The fraction of sp³-hybridized carbons (Fsp3) is 0.188. The summed E-state index contributed by atoms with van der Waals surface area (Å²) in [7, 11) is 1.24. The minimum atomic E-state index is -0.837. The molecule has 25 heavy (non-hydrogen) atoms. The third-order valence-electron chi connectivity index (χ3n) is 3.07. The van der Waals surface area contributed by atoms with Crippen molar-refractivity contribution in [3.63, 3.8) is 0 Å². The topological polar surface area (TPSA) is 102 Å². The van der Waals surface area contributed by atoms with Crippen LogP contribution in [0.4, 0.5) is 5.69 Å². The third-order valence-corrected chi connectivity index (χ3v) is 4.57. The first-order valence-corrected chi connectivity index (χ1v) is 8.62. The summed E-state index contributed by atoms with van der Waals surface area (Å²) < 4.78 is 9.87. The van der Waals surface area contributed by atoms with Gasteiger partial charge in [-0.1, -0.05) is 0 Å². The number of carbonyl (C=O) groups excluding carboxylic acids is 3. The van der Waals surface area contributed by atoms with Crippen LogP contribution >= 0.6 is 27.3 Å². The van der Waals surface area contributed by atoms with Crippen LogP contribution in [0.3, 0.4) is 0 Å². The van der Waals surface area contributed by atoms with Gasteiger partial charge in [0, 0.05) is 0 Å². The first-order chi connectivity index (χ1) is 11.8. The molecule has 0 aliphatic heterocycles. The maximum absolute atomic E-state index is 12.0. The zero-order valence-electron chi connectivity index (χ0n) is 13.3.